The van der Waals surface area contributed by atoms with Crippen LogP contribution in [-0.4, -0.2) is 6.54 Å². The molecule has 4 heteroatoms. The van der Waals surface area contributed by atoms with Gasteiger partial charge in [0.05, 0.1) is 5.56 Å². The van der Waals surface area contributed by atoms with E-state index in [-0.39, 0.29) is 11.5 Å². The predicted octanol–water partition coefficient (Wildman–Crippen LogP) is 5.33. The van der Waals surface area contributed by atoms with Gasteiger partial charge >= 0.3 is 6.18 Å². The van der Waals surface area contributed by atoms with Gasteiger partial charge in [-0.05, 0) is 36.4 Å². The van der Waals surface area contributed by atoms with Crippen molar-refractivity contribution in [2.75, 3.05) is 6.54 Å². The summed E-state index contributed by atoms with van der Waals surface area (Å²) in [5.41, 5.74) is -0.200. The summed E-state index contributed by atoms with van der Waals surface area (Å²) >= 11 is 0. The van der Waals surface area contributed by atoms with Crippen molar-refractivity contribution in [2.24, 2.45) is 5.41 Å². The monoisotopic (exact) mass is 299 g/mol. The molecule has 0 saturated heterocycles. The molecule has 0 heterocycles. The highest BCUT2D eigenvalue weighted by Crippen LogP contribution is 2.48. The topological polar surface area (TPSA) is 12.0 Å². The fourth-order valence-electron chi connectivity index (χ4n) is 3.59. The van der Waals surface area contributed by atoms with Gasteiger partial charge in [-0.15, -0.1) is 0 Å². The lowest BCUT2D eigenvalue weighted by Crippen LogP contribution is -2.38. The molecule has 1 atom stereocenters. The molecule has 0 aliphatic heterocycles. The summed E-state index contributed by atoms with van der Waals surface area (Å²) in [6, 6.07) is 5.78. The zero-order valence-electron chi connectivity index (χ0n) is 12.8. The maximum Gasteiger partial charge on any atom is 0.416 e. The second-order valence-corrected chi connectivity index (χ2v) is 6.29. The third-order valence-corrected chi connectivity index (χ3v) is 4.68. The lowest BCUT2D eigenvalue weighted by molar-refractivity contribution is -0.138. The van der Waals surface area contributed by atoms with Gasteiger partial charge in [-0.3, -0.25) is 0 Å². The standard InChI is InChI=1S/C17H24F3N/c1-3-21-15(16(2)11-7-4-8-12-16)13-9-5-6-10-14(13)17(18,19)20/h5-6,9-10,15,21H,3-4,7-8,11-12H2,1-2H3. The Balaban J connectivity index is 2.43. The van der Waals surface area contributed by atoms with E-state index in [9.17, 15) is 13.2 Å². The molecule has 1 nitrogen and oxygen atoms in total. The van der Waals surface area contributed by atoms with Gasteiger partial charge in [0, 0.05) is 6.04 Å². The van der Waals surface area contributed by atoms with Crippen molar-refractivity contribution in [1.82, 2.24) is 5.32 Å². The number of alkyl halides is 3. The Hall–Kier alpha value is -1.03. The molecule has 2 rings (SSSR count). The van der Waals surface area contributed by atoms with Gasteiger partial charge in [0.25, 0.3) is 0 Å². The van der Waals surface area contributed by atoms with Crippen molar-refractivity contribution in [2.45, 2.75) is 58.2 Å². The third kappa shape index (κ3) is 3.60. The van der Waals surface area contributed by atoms with E-state index in [1.165, 1.54) is 18.6 Å². The molecule has 1 aliphatic carbocycles. The quantitative estimate of drug-likeness (QED) is 0.792. The second kappa shape index (κ2) is 6.39. The first-order valence-electron chi connectivity index (χ1n) is 7.78. The fraction of sp³-hybridized carbons (Fsp3) is 0.647. The maximum atomic E-state index is 13.3. The van der Waals surface area contributed by atoms with Gasteiger partial charge in [-0.25, -0.2) is 0 Å². The predicted molar refractivity (Wildman–Crippen MR) is 79.1 cm³/mol. The zero-order chi connectivity index (χ0) is 15.5. The molecule has 1 unspecified atom stereocenters. The van der Waals surface area contributed by atoms with E-state index in [0.717, 1.165) is 25.7 Å². The average Bonchev–Trinajstić information content (AvgIpc) is 2.44. The minimum atomic E-state index is -4.30. The number of benzene rings is 1. The number of rotatable bonds is 4. The highest BCUT2D eigenvalue weighted by Gasteiger charge is 2.41. The lowest BCUT2D eigenvalue weighted by atomic mass is 9.68. The molecule has 1 aromatic carbocycles. The van der Waals surface area contributed by atoms with Crippen LogP contribution < -0.4 is 5.32 Å². The minimum Gasteiger partial charge on any atom is -0.310 e. The first-order chi connectivity index (χ1) is 9.88. The number of hydrogen-bond acceptors (Lipinski definition) is 1. The number of halogens is 3. The summed E-state index contributed by atoms with van der Waals surface area (Å²) in [6.07, 6.45) is 1.07. The lowest BCUT2D eigenvalue weighted by Gasteiger charge is -2.42. The summed E-state index contributed by atoms with van der Waals surface area (Å²) in [5, 5.41) is 3.32. The van der Waals surface area contributed by atoms with Crippen molar-refractivity contribution in [1.29, 1.82) is 0 Å². The fourth-order valence-corrected chi connectivity index (χ4v) is 3.59. The molecule has 1 aromatic rings. The van der Waals surface area contributed by atoms with Crippen molar-refractivity contribution in [3.8, 4) is 0 Å². The van der Waals surface area contributed by atoms with E-state index < -0.39 is 11.7 Å². The molecule has 118 valence electrons. The second-order valence-electron chi connectivity index (χ2n) is 6.29. The third-order valence-electron chi connectivity index (χ3n) is 4.68. The Morgan fingerprint density at radius 1 is 1.14 bits per heavy atom. The molecule has 1 saturated carbocycles. The molecular formula is C17H24F3N. The molecule has 0 aromatic heterocycles. The first kappa shape index (κ1) is 16.3. The van der Waals surface area contributed by atoms with Crippen molar-refractivity contribution in [3.05, 3.63) is 35.4 Å². The van der Waals surface area contributed by atoms with E-state index >= 15 is 0 Å². The van der Waals surface area contributed by atoms with Crippen LogP contribution in [0.4, 0.5) is 13.2 Å². The molecule has 0 radical (unpaired) electrons. The maximum absolute atomic E-state index is 13.3. The van der Waals surface area contributed by atoms with Crippen molar-refractivity contribution in [3.63, 3.8) is 0 Å². The zero-order valence-corrected chi connectivity index (χ0v) is 12.8. The van der Waals surface area contributed by atoms with Crippen LogP contribution in [0.3, 0.4) is 0 Å². The summed E-state index contributed by atoms with van der Waals surface area (Å²) in [5.74, 6) is 0. The number of nitrogens with one attached hydrogen (secondary N) is 1. The van der Waals surface area contributed by atoms with Crippen LogP contribution in [-0.2, 0) is 6.18 Å². The van der Waals surface area contributed by atoms with Crippen LogP contribution in [0.5, 0.6) is 0 Å². The van der Waals surface area contributed by atoms with E-state index in [1.54, 1.807) is 12.1 Å². The van der Waals surface area contributed by atoms with Crippen LogP contribution in [0, 0.1) is 5.41 Å². The Labute approximate surface area is 124 Å². The van der Waals surface area contributed by atoms with Crippen LogP contribution in [0.25, 0.3) is 0 Å². The van der Waals surface area contributed by atoms with Crippen LogP contribution >= 0.6 is 0 Å². The largest absolute Gasteiger partial charge is 0.416 e. The van der Waals surface area contributed by atoms with Gasteiger partial charge in [0.1, 0.15) is 0 Å². The highest BCUT2D eigenvalue weighted by atomic mass is 19.4. The van der Waals surface area contributed by atoms with Crippen LogP contribution in [0.2, 0.25) is 0 Å². The summed E-state index contributed by atoms with van der Waals surface area (Å²) in [4.78, 5) is 0. The smallest absolute Gasteiger partial charge is 0.310 e. The molecule has 0 bridgehead atoms. The first-order valence-corrected chi connectivity index (χ1v) is 7.78. The SMILES string of the molecule is CCNC(c1ccccc1C(F)(F)F)C1(C)CCCCC1. The Kier molecular flexibility index (Phi) is 4.97. The number of hydrogen-bond donors (Lipinski definition) is 1. The molecule has 0 amide bonds. The Morgan fingerprint density at radius 3 is 2.33 bits per heavy atom. The van der Waals surface area contributed by atoms with Crippen LogP contribution in [0.1, 0.15) is 63.1 Å². The Morgan fingerprint density at radius 2 is 1.76 bits per heavy atom. The van der Waals surface area contributed by atoms with Gasteiger partial charge in [0.2, 0.25) is 0 Å². The highest BCUT2D eigenvalue weighted by molar-refractivity contribution is 5.34. The van der Waals surface area contributed by atoms with Crippen molar-refractivity contribution < 1.29 is 13.2 Å². The van der Waals surface area contributed by atoms with E-state index in [1.807, 2.05) is 6.92 Å². The van der Waals surface area contributed by atoms with Crippen LogP contribution in [0.15, 0.2) is 24.3 Å². The van der Waals surface area contributed by atoms with Gasteiger partial charge in [-0.1, -0.05) is 51.3 Å². The van der Waals surface area contributed by atoms with E-state index in [2.05, 4.69) is 12.2 Å². The molecular weight excluding hydrogens is 275 g/mol. The molecule has 1 fully saturated rings. The molecule has 1 aliphatic rings. The molecule has 1 N–H and O–H groups in total. The molecule has 0 spiro atoms. The van der Waals surface area contributed by atoms with Gasteiger partial charge < -0.3 is 5.32 Å². The van der Waals surface area contributed by atoms with Gasteiger partial charge in [0.15, 0.2) is 0 Å². The Bertz CT molecular complexity index is 461. The minimum absolute atomic E-state index is 0.102. The van der Waals surface area contributed by atoms with E-state index in [0.29, 0.717) is 12.1 Å². The van der Waals surface area contributed by atoms with Gasteiger partial charge in [-0.2, -0.15) is 13.2 Å². The normalized spacial score (nSPS) is 20.2. The van der Waals surface area contributed by atoms with Crippen molar-refractivity contribution >= 4 is 0 Å². The average molecular weight is 299 g/mol. The van der Waals surface area contributed by atoms with E-state index in [4.69, 9.17) is 0 Å². The molecule has 21 heavy (non-hydrogen) atoms. The summed E-state index contributed by atoms with van der Waals surface area (Å²) in [7, 11) is 0. The summed E-state index contributed by atoms with van der Waals surface area (Å²) < 4.78 is 39.9. The summed E-state index contributed by atoms with van der Waals surface area (Å²) in [6.45, 7) is 4.76.